The van der Waals surface area contributed by atoms with Crippen molar-refractivity contribution in [2.45, 2.75) is 51.7 Å². The maximum Gasteiger partial charge on any atom is 0.132 e. The summed E-state index contributed by atoms with van der Waals surface area (Å²) in [5.74, 6) is 2.04. The van der Waals surface area contributed by atoms with E-state index in [0.29, 0.717) is 19.3 Å². The fraction of sp³-hybridized carbons (Fsp3) is 0.750. The van der Waals surface area contributed by atoms with Crippen molar-refractivity contribution in [2.24, 2.45) is 5.92 Å². The Balaban J connectivity index is 1.84. The van der Waals surface area contributed by atoms with Crippen LogP contribution >= 0.6 is 0 Å². The predicted molar refractivity (Wildman–Crippen MR) is 81.4 cm³/mol. The predicted octanol–water partition coefficient (Wildman–Crippen LogP) is 1.71. The summed E-state index contributed by atoms with van der Waals surface area (Å²) in [7, 11) is 0. The van der Waals surface area contributed by atoms with Gasteiger partial charge in [0.25, 0.3) is 0 Å². The molecule has 0 aliphatic carbocycles. The summed E-state index contributed by atoms with van der Waals surface area (Å²) in [6, 6.07) is 2.43. The van der Waals surface area contributed by atoms with E-state index in [1.807, 2.05) is 6.92 Å². The molecule has 5 nitrogen and oxygen atoms in total. The Morgan fingerprint density at radius 3 is 3.00 bits per heavy atom. The monoisotopic (exact) mass is 291 g/mol. The normalized spacial score (nSPS) is 29.9. The zero-order chi connectivity index (χ0) is 14.8. The van der Waals surface area contributed by atoms with Crippen LogP contribution in [0.25, 0.3) is 0 Å². The summed E-state index contributed by atoms with van der Waals surface area (Å²) in [6.07, 6.45) is 3.67. The van der Waals surface area contributed by atoms with Crippen molar-refractivity contribution < 1.29 is 9.84 Å². The van der Waals surface area contributed by atoms with Crippen LogP contribution in [-0.4, -0.2) is 47.0 Å². The van der Waals surface area contributed by atoms with Crippen molar-refractivity contribution in [2.75, 3.05) is 24.7 Å². The molecule has 1 aromatic rings. The molecule has 2 aliphatic heterocycles. The van der Waals surface area contributed by atoms with Crippen LogP contribution in [0.1, 0.15) is 37.7 Å². The quantitative estimate of drug-likeness (QED) is 0.919. The Bertz CT molecular complexity index is 494. The molecule has 5 heteroatoms. The van der Waals surface area contributed by atoms with Crippen molar-refractivity contribution in [3.05, 3.63) is 17.6 Å². The summed E-state index contributed by atoms with van der Waals surface area (Å²) < 4.78 is 5.60. The van der Waals surface area contributed by atoms with Crippen molar-refractivity contribution in [1.29, 1.82) is 0 Å². The van der Waals surface area contributed by atoms with Crippen LogP contribution in [0.2, 0.25) is 0 Å². The number of nitrogens with zero attached hydrogens (tertiary/aromatic N) is 3. The molecule has 2 fully saturated rings. The van der Waals surface area contributed by atoms with Crippen molar-refractivity contribution in [3.8, 4) is 0 Å². The molecular formula is C16H25N3O2. The van der Waals surface area contributed by atoms with Gasteiger partial charge in [-0.15, -0.1) is 0 Å². The first-order chi connectivity index (χ1) is 10.2. The fourth-order valence-corrected chi connectivity index (χ4v) is 3.58. The molecule has 0 unspecified atom stereocenters. The van der Waals surface area contributed by atoms with Crippen LogP contribution in [-0.2, 0) is 11.2 Å². The summed E-state index contributed by atoms with van der Waals surface area (Å²) in [5.41, 5.74) is 1.09. The Labute approximate surface area is 126 Å². The van der Waals surface area contributed by atoms with Gasteiger partial charge in [0.05, 0.1) is 12.7 Å². The smallest absolute Gasteiger partial charge is 0.132 e. The van der Waals surface area contributed by atoms with E-state index < -0.39 is 0 Å². The van der Waals surface area contributed by atoms with Gasteiger partial charge in [0.2, 0.25) is 0 Å². The lowest BCUT2D eigenvalue weighted by molar-refractivity contribution is -0.0438. The highest BCUT2D eigenvalue weighted by Crippen LogP contribution is 2.33. The lowest BCUT2D eigenvalue weighted by atomic mass is 9.89. The Kier molecular flexibility index (Phi) is 4.40. The molecule has 0 spiro atoms. The zero-order valence-electron chi connectivity index (χ0n) is 13.0. The van der Waals surface area contributed by atoms with Gasteiger partial charge in [0.1, 0.15) is 11.6 Å². The Morgan fingerprint density at radius 1 is 1.38 bits per heavy atom. The summed E-state index contributed by atoms with van der Waals surface area (Å²) in [5, 5.41) is 10.3. The van der Waals surface area contributed by atoms with E-state index in [1.54, 1.807) is 0 Å². The molecule has 0 aromatic carbocycles. The molecule has 2 saturated heterocycles. The van der Waals surface area contributed by atoms with Gasteiger partial charge in [0, 0.05) is 36.9 Å². The first kappa shape index (κ1) is 14.7. The number of aliphatic hydroxyl groups is 1. The third-order valence-corrected chi connectivity index (χ3v) is 4.69. The maximum atomic E-state index is 10.3. The van der Waals surface area contributed by atoms with E-state index in [2.05, 4.69) is 27.9 Å². The SMILES string of the molecule is CCc1cc(N2CCC[C@@H]2[C@@H]2COCC[C@@H]2O)nc(C)n1. The van der Waals surface area contributed by atoms with Gasteiger partial charge in [-0.3, -0.25) is 0 Å². The standard InChI is InChI=1S/C16H25N3O2/c1-3-12-9-16(18-11(2)17-12)19-7-4-5-14(19)13-10-21-8-6-15(13)20/h9,13-15,20H,3-8,10H2,1-2H3/t13-,14+,15-/m0/s1. The Morgan fingerprint density at radius 2 is 2.24 bits per heavy atom. The van der Waals surface area contributed by atoms with E-state index in [1.165, 1.54) is 0 Å². The van der Waals surface area contributed by atoms with E-state index in [9.17, 15) is 5.11 Å². The average molecular weight is 291 g/mol. The maximum absolute atomic E-state index is 10.3. The molecule has 0 saturated carbocycles. The highest BCUT2D eigenvalue weighted by atomic mass is 16.5. The lowest BCUT2D eigenvalue weighted by Gasteiger charge is -2.37. The molecule has 3 atom stereocenters. The number of hydrogen-bond donors (Lipinski definition) is 1. The van der Waals surface area contributed by atoms with Crippen molar-refractivity contribution >= 4 is 5.82 Å². The topological polar surface area (TPSA) is 58.5 Å². The van der Waals surface area contributed by atoms with E-state index in [-0.39, 0.29) is 12.0 Å². The van der Waals surface area contributed by atoms with Gasteiger partial charge >= 0.3 is 0 Å². The highest BCUT2D eigenvalue weighted by molar-refractivity contribution is 5.43. The van der Waals surface area contributed by atoms with E-state index in [4.69, 9.17) is 4.74 Å². The van der Waals surface area contributed by atoms with Gasteiger partial charge in [-0.1, -0.05) is 6.92 Å². The third-order valence-electron chi connectivity index (χ3n) is 4.69. The number of rotatable bonds is 3. The summed E-state index contributed by atoms with van der Waals surface area (Å²) >= 11 is 0. The van der Waals surface area contributed by atoms with Gasteiger partial charge in [-0.25, -0.2) is 9.97 Å². The number of aliphatic hydroxyl groups excluding tert-OH is 1. The Hall–Kier alpha value is -1.20. The van der Waals surface area contributed by atoms with Crippen LogP contribution in [0.4, 0.5) is 5.82 Å². The largest absolute Gasteiger partial charge is 0.393 e. The lowest BCUT2D eigenvalue weighted by Crippen LogP contribution is -2.46. The van der Waals surface area contributed by atoms with Crippen molar-refractivity contribution in [3.63, 3.8) is 0 Å². The molecular weight excluding hydrogens is 266 g/mol. The third kappa shape index (κ3) is 3.04. The molecule has 1 N–H and O–H groups in total. The second kappa shape index (κ2) is 6.28. The van der Waals surface area contributed by atoms with Gasteiger partial charge < -0.3 is 14.7 Å². The van der Waals surface area contributed by atoms with Crippen LogP contribution in [0.5, 0.6) is 0 Å². The second-order valence-corrected chi connectivity index (χ2v) is 6.12. The highest BCUT2D eigenvalue weighted by Gasteiger charge is 2.38. The second-order valence-electron chi connectivity index (χ2n) is 6.12. The zero-order valence-corrected chi connectivity index (χ0v) is 13.0. The first-order valence-electron chi connectivity index (χ1n) is 8.06. The van der Waals surface area contributed by atoms with Crippen LogP contribution in [0.15, 0.2) is 6.07 Å². The average Bonchev–Trinajstić information content (AvgIpc) is 2.96. The number of hydrogen-bond acceptors (Lipinski definition) is 5. The fourth-order valence-electron chi connectivity index (χ4n) is 3.58. The minimum Gasteiger partial charge on any atom is -0.393 e. The van der Waals surface area contributed by atoms with Gasteiger partial charge in [-0.05, 0) is 32.6 Å². The number of ether oxygens (including phenoxy) is 1. The molecule has 3 rings (SSSR count). The number of aryl methyl sites for hydroxylation is 2. The number of aromatic nitrogens is 2. The van der Waals surface area contributed by atoms with Crippen LogP contribution < -0.4 is 4.90 Å². The van der Waals surface area contributed by atoms with E-state index >= 15 is 0 Å². The van der Waals surface area contributed by atoms with E-state index in [0.717, 1.165) is 49.6 Å². The molecule has 3 heterocycles. The molecule has 0 amide bonds. The first-order valence-corrected chi connectivity index (χ1v) is 8.06. The van der Waals surface area contributed by atoms with Crippen LogP contribution in [0.3, 0.4) is 0 Å². The van der Waals surface area contributed by atoms with Gasteiger partial charge in [0.15, 0.2) is 0 Å². The molecule has 21 heavy (non-hydrogen) atoms. The van der Waals surface area contributed by atoms with Gasteiger partial charge in [-0.2, -0.15) is 0 Å². The minimum absolute atomic E-state index is 0.196. The molecule has 1 aromatic heterocycles. The summed E-state index contributed by atoms with van der Waals surface area (Å²) in [6.45, 7) is 6.41. The van der Waals surface area contributed by atoms with Crippen molar-refractivity contribution in [1.82, 2.24) is 9.97 Å². The molecule has 0 bridgehead atoms. The molecule has 116 valence electrons. The van der Waals surface area contributed by atoms with Crippen LogP contribution in [0, 0.1) is 12.8 Å². The molecule has 0 radical (unpaired) electrons. The minimum atomic E-state index is -0.252. The summed E-state index contributed by atoms with van der Waals surface area (Å²) in [4.78, 5) is 11.4. The number of anilines is 1. The molecule has 2 aliphatic rings.